The van der Waals surface area contributed by atoms with Crippen LogP contribution in [0.3, 0.4) is 0 Å². The summed E-state index contributed by atoms with van der Waals surface area (Å²) < 4.78 is 20.3. The number of likely N-dealkylation sites (N-methyl/N-ethyl adjacent to an activating group) is 1. The van der Waals surface area contributed by atoms with Crippen molar-refractivity contribution in [3.8, 4) is 5.75 Å². The first kappa shape index (κ1) is 19.5. The Hall–Kier alpha value is -2.22. The molecule has 1 heterocycles. The van der Waals surface area contributed by atoms with Crippen molar-refractivity contribution in [2.24, 2.45) is 0 Å². The molecule has 0 spiro atoms. The second-order valence-corrected chi connectivity index (χ2v) is 7.77. The van der Waals surface area contributed by atoms with Crippen molar-refractivity contribution in [1.29, 1.82) is 0 Å². The number of anilines is 1. The number of fused-ring (bicyclic) bond motifs is 1. The van der Waals surface area contributed by atoms with Crippen LogP contribution in [-0.4, -0.2) is 44.7 Å². The van der Waals surface area contributed by atoms with Gasteiger partial charge in [-0.15, -0.1) is 0 Å². The second kappa shape index (κ2) is 8.65. The van der Waals surface area contributed by atoms with Gasteiger partial charge in [-0.2, -0.15) is 0 Å². The smallest absolute Gasteiger partial charge is 0.266 e. The highest BCUT2D eigenvalue weighted by atomic mass is 35.5. The van der Waals surface area contributed by atoms with Gasteiger partial charge in [-0.25, -0.2) is 9.37 Å². The summed E-state index contributed by atoms with van der Waals surface area (Å²) in [6.45, 7) is 1.06. The Balaban J connectivity index is 1.79. The van der Waals surface area contributed by atoms with Crippen LogP contribution in [0.4, 0.5) is 9.52 Å². The first-order chi connectivity index (χ1) is 12.9. The number of hydrogen-bond donors (Lipinski definition) is 1. The molecule has 27 heavy (non-hydrogen) atoms. The molecule has 0 fully saturated rings. The fraction of sp³-hybridized carbons (Fsp3) is 0.263. The molecule has 2 aromatic carbocycles. The van der Waals surface area contributed by atoms with Crippen LogP contribution in [0.1, 0.15) is 0 Å². The Morgan fingerprint density at radius 2 is 2.00 bits per heavy atom. The van der Waals surface area contributed by atoms with E-state index in [0.717, 1.165) is 6.54 Å². The maximum Gasteiger partial charge on any atom is 0.266 e. The number of benzene rings is 2. The minimum atomic E-state index is -0.391. The van der Waals surface area contributed by atoms with Gasteiger partial charge in [-0.3, -0.25) is 9.69 Å². The molecule has 8 heteroatoms. The number of hydrogen-bond acceptors (Lipinski definition) is 4. The van der Waals surface area contributed by atoms with Crippen molar-refractivity contribution in [2.45, 2.75) is 0 Å². The number of nitrogens with zero attached hydrogens (tertiary/aromatic N) is 2. The molecule has 0 bridgehead atoms. The highest BCUT2D eigenvalue weighted by Crippen LogP contribution is 2.30. The van der Waals surface area contributed by atoms with Gasteiger partial charge in [-0.1, -0.05) is 29.0 Å². The van der Waals surface area contributed by atoms with Crippen LogP contribution in [0.2, 0.25) is 5.02 Å². The summed E-state index contributed by atoms with van der Waals surface area (Å²) in [7, 11) is 4.01. The monoisotopic (exact) mass is 408 g/mol. The SMILES string of the molecule is C[NH+](C)CCN(C(=O)COc1ccc(Cl)cc1)c1nc2c(F)cccc2s1. The van der Waals surface area contributed by atoms with E-state index in [0.29, 0.717) is 27.1 Å². The van der Waals surface area contributed by atoms with E-state index in [2.05, 4.69) is 4.98 Å². The molecule has 0 unspecified atom stereocenters. The average Bonchev–Trinajstić information content (AvgIpc) is 3.06. The molecule has 0 saturated carbocycles. The molecular weight excluding hydrogens is 389 g/mol. The van der Waals surface area contributed by atoms with Crippen molar-refractivity contribution < 1.29 is 18.8 Å². The van der Waals surface area contributed by atoms with Gasteiger partial charge >= 0.3 is 0 Å². The Morgan fingerprint density at radius 3 is 2.67 bits per heavy atom. The largest absolute Gasteiger partial charge is 0.484 e. The maximum absolute atomic E-state index is 14.0. The summed E-state index contributed by atoms with van der Waals surface area (Å²) in [5.74, 6) is -0.0648. The lowest BCUT2D eigenvalue weighted by molar-refractivity contribution is -0.856. The van der Waals surface area contributed by atoms with Crippen LogP contribution in [0.15, 0.2) is 42.5 Å². The summed E-state index contributed by atoms with van der Waals surface area (Å²) in [5, 5.41) is 1.07. The van der Waals surface area contributed by atoms with E-state index in [1.165, 1.54) is 22.3 Å². The summed E-state index contributed by atoms with van der Waals surface area (Å²) in [4.78, 5) is 19.9. The first-order valence-corrected chi connectivity index (χ1v) is 9.66. The Kier molecular flexibility index (Phi) is 6.26. The van der Waals surface area contributed by atoms with Gasteiger partial charge in [0.1, 0.15) is 17.1 Å². The van der Waals surface area contributed by atoms with Crippen LogP contribution in [0.5, 0.6) is 5.75 Å². The highest BCUT2D eigenvalue weighted by molar-refractivity contribution is 7.22. The molecule has 0 aliphatic carbocycles. The lowest BCUT2D eigenvalue weighted by Crippen LogP contribution is -3.06. The van der Waals surface area contributed by atoms with Gasteiger partial charge in [0.2, 0.25) is 0 Å². The lowest BCUT2D eigenvalue weighted by Gasteiger charge is -2.20. The zero-order chi connectivity index (χ0) is 19.4. The number of carbonyl (C=O) groups is 1. The van der Waals surface area contributed by atoms with E-state index < -0.39 is 5.82 Å². The Morgan fingerprint density at radius 1 is 1.26 bits per heavy atom. The van der Waals surface area contributed by atoms with E-state index in [4.69, 9.17) is 16.3 Å². The lowest BCUT2D eigenvalue weighted by atomic mass is 10.3. The number of rotatable bonds is 7. The quantitative estimate of drug-likeness (QED) is 0.653. The molecule has 5 nitrogen and oxygen atoms in total. The summed E-state index contributed by atoms with van der Waals surface area (Å²) in [5.41, 5.74) is 0.283. The molecule has 0 saturated heterocycles. The van der Waals surface area contributed by atoms with Crippen molar-refractivity contribution in [3.05, 3.63) is 53.3 Å². The third kappa shape index (κ3) is 4.94. The Bertz CT molecular complexity index is 930. The zero-order valence-corrected chi connectivity index (χ0v) is 16.6. The molecule has 0 atom stereocenters. The summed E-state index contributed by atoms with van der Waals surface area (Å²) in [6, 6.07) is 11.6. The number of nitrogens with one attached hydrogen (secondary N) is 1. The van der Waals surface area contributed by atoms with Gasteiger partial charge in [-0.05, 0) is 36.4 Å². The third-order valence-electron chi connectivity index (χ3n) is 3.90. The second-order valence-electron chi connectivity index (χ2n) is 6.33. The average molecular weight is 409 g/mol. The normalized spacial score (nSPS) is 11.1. The topological polar surface area (TPSA) is 46.9 Å². The number of amides is 1. The van der Waals surface area contributed by atoms with E-state index in [1.54, 1.807) is 41.3 Å². The number of carbonyl (C=O) groups excluding carboxylic acids is 1. The maximum atomic E-state index is 14.0. The van der Waals surface area contributed by atoms with Crippen LogP contribution >= 0.6 is 22.9 Å². The molecule has 3 aromatic rings. The fourth-order valence-electron chi connectivity index (χ4n) is 2.43. The third-order valence-corrected chi connectivity index (χ3v) is 5.20. The summed E-state index contributed by atoms with van der Waals surface area (Å²) in [6.07, 6.45) is 0. The van der Waals surface area contributed by atoms with Gasteiger partial charge in [0.05, 0.1) is 31.9 Å². The number of thiazole rings is 1. The van der Waals surface area contributed by atoms with Gasteiger partial charge in [0.25, 0.3) is 5.91 Å². The predicted octanol–water partition coefficient (Wildman–Crippen LogP) is 2.65. The predicted molar refractivity (Wildman–Crippen MR) is 107 cm³/mol. The highest BCUT2D eigenvalue weighted by Gasteiger charge is 2.22. The standard InChI is InChI=1S/C19H19ClFN3O2S/c1-23(2)10-11-24(17(25)12-26-14-8-6-13(20)7-9-14)19-22-18-15(21)4-3-5-16(18)27-19/h3-9H,10-12H2,1-2H3/p+1. The molecule has 3 rings (SSSR count). The number of quaternary nitrogens is 1. The van der Waals surface area contributed by atoms with Gasteiger partial charge < -0.3 is 9.64 Å². The van der Waals surface area contributed by atoms with Crippen LogP contribution < -0.4 is 14.5 Å². The minimum Gasteiger partial charge on any atom is -0.484 e. The van der Waals surface area contributed by atoms with Gasteiger partial charge in [0.15, 0.2) is 11.7 Å². The number of ether oxygens (including phenoxy) is 1. The summed E-state index contributed by atoms with van der Waals surface area (Å²) >= 11 is 7.15. The zero-order valence-electron chi connectivity index (χ0n) is 15.0. The minimum absolute atomic E-state index is 0.136. The van der Waals surface area contributed by atoms with Crippen LogP contribution in [0, 0.1) is 5.82 Å². The van der Waals surface area contributed by atoms with E-state index >= 15 is 0 Å². The van der Waals surface area contributed by atoms with Crippen molar-refractivity contribution >= 4 is 44.2 Å². The van der Waals surface area contributed by atoms with Crippen LogP contribution in [0.25, 0.3) is 10.2 Å². The molecule has 0 aliphatic rings. The molecule has 142 valence electrons. The fourth-order valence-corrected chi connectivity index (χ4v) is 3.58. The molecule has 0 radical (unpaired) electrons. The van der Waals surface area contributed by atoms with Crippen molar-refractivity contribution in [1.82, 2.24) is 4.98 Å². The molecule has 1 N–H and O–H groups in total. The van der Waals surface area contributed by atoms with E-state index in [1.807, 2.05) is 14.1 Å². The molecular formula is C19H20ClFN3O2S+. The molecule has 0 aliphatic heterocycles. The van der Waals surface area contributed by atoms with E-state index in [9.17, 15) is 9.18 Å². The van der Waals surface area contributed by atoms with Crippen molar-refractivity contribution in [3.63, 3.8) is 0 Å². The van der Waals surface area contributed by atoms with E-state index in [-0.39, 0.29) is 18.0 Å². The molecule has 1 aromatic heterocycles. The number of halogens is 2. The number of aromatic nitrogens is 1. The molecule has 1 amide bonds. The van der Waals surface area contributed by atoms with Crippen molar-refractivity contribution in [2.75, 3.05) is 38.7 Å². The van der Waals surface area contributed by atoms with Gasteiger partial charge in [0, 0.05) is 5.02 Å². The van der Waals surface area contributed by atoms with Crippen LogP contribution in [-0.2, 0) is 4.79 Å². The first-order valence-electron chi connectivity index (χ1n) is 8.47. The Labute approximate surface area is 165 Å². The number of para-hydroxylation sites is 1.